The summed E-state index contributed by atoms with van der Waals surface area (Å²) in [6, 6.07) is 11.5. The Labute approximate surface area is 205 Å². The topological polar surface area (TPSA) is 84.0 Å². The predicted molar refractivity (Wildman–Crippen MR) is 129 cm³/mol. The van der Waals surface area contributed by atoms with Crippen LogP contribution in [0.3, 0.4) is 0 Å². The maximum atomic E-state index is 13.8. The highest BCUT2D eigenvalue weighted by Crippen LogP contribution is 2.40. The van der Waals surface area contributed by atoms with E-state index in [1.54, 1.807) is 29.2 Å². The summed E-state index contributed by atoms with van der Waals surface area (Å²) in [4.78, 5) is 55.8. The van der Waals surface area contributed by atoms with Crippen molar-refractivity contribution in [3.8, 4) is 5.75 Å². The number of fused-ring (bicyclic) bond motifs is 2. The first-order chi connectivity index (χ1) is 16.7. The zero-order valence-electron chi connectivity index (χ0n) is 20.4. The van der Waals surface area contributed by atoms with Crippen LogP contribution in [0.15, 0.2) is 42.5 Å². The van der Waals surface area contributed by atoms with Crippen molar-refractivity contribution in [1.29, 1.82) is 0 Å². The summed E-state index contributed by atoms with van der Waals surface area (Å²) in [6.07, 6.45) is 1.98. The maximum Gasteiger partial charge on any atom is 0.262 e. The van der Waals surface area contributed by atoms with Crippen molar-refractivity contribution < 1.29 is 23.9 Å². The molecule has 0 aliphatic carbocycles. The van der Waals surface area contributed by atoms with Crippen molar-refractivity contribution in [3.05, 3.63) is 64.7 Å². The molecule has 2 aromatic carbocycles. The molecule has 1 saturated heterocycles. The molecule has 2 atom stereocenters. The molecular weight excluding hydrogens is 444 g/mol. The Kier molecular flexibility index (Phi) is 5.74. The van der Waals surface area contributed by atoms with Crippen LogP contribution in [-0.2, 0) is 4.79 Å². The van der Waals surface area contributed by atoms with E-state index in [4.69, 9.17) is 4.74 Å². The van der Waals surface area contributed by atoms with Gasteiger partial charge in [0.2, 0.25) is 5.91 Å². The summed E-state index contributed by atoms with van der Waals surface area (Å²) >= 11 is 0. The molecule has 0 radical (unpaired) electrons. The van der Waals surface area contributed by atoms with E-state index >= 15 is 0 Å². The molecule has 7 nitrogen and oxygen atoms in total. The molecule has 35 heavy (non-hydrogen) atoms. The molecule has 1 spiro atoms. The minimum Gasteiger partial charge on any atom is -0.486 e. The fourth-order valence-electron chi connectivity index (χ4n) is 5.50. The van der Waals surface area contributed by atoms with Crippen molar-refractivity contribution in [2.24, 2.45) is 5.92 Å². The SMILES string of the molecule is CCC(C)C(C(=O)N1CCC2(CC1)CC(=O)c1cc(C)ccc1O2)N1C(=O)c2ccccc2C1=O. The number of aryl methyl sites for hydroxylation is 1. The van der Waals surface area contributed by atoms with Gasteiger partial charge >= 0.3 is 0 Å². The van der Waals surface area contributed by atoms with Crippen LogP contribution in [0.2, 0.25) is 0 Å². The molecule has 5 rings (SSSR count). The molecule has 0 aromatic heterocycles. The Hall–Kier alpha value is -3.48. The first-order valence-electron chi connectivity index (χ1n) is 12.3. The van der Waals surface area contributed by atoms with Gasteiger partial charge in [-0.25, -0.2) is 0 Å². The molecule has 1 fully saturated rings. The highest BCUT2D eigenvalue weighted by atomic mass is 16.5. The van der Waals surface area contributed by atoms with Crippen LogP contribution in [0.1, 0.15) is 76.2 Å². The lowest BCUT2D eigenvalue weighted by atomic mass is 9.82. The lowest BCUT2D eigenvalue weighted by molar-refractivity contribution is -0.140. The first-order valence-corrected chi connectivity index (χ1v) is 12.3. The van der Waals surface area contributed by atoms with E-state index in [2.05, 4.69) is 0 Å². The molecule has 182 valence electrons. The zero-order chi connectivity index (χ0) is 24.9. The van der Waals surface area contributed by atoms with Crippen molar-refractivity contribution in [3.63, 3.8) is 0 Å². The molecule has 7 heteroatoms. The number of piperidine rings is 1. The number of ketones is 1. The average molecular weight is 475 g/mol. The van der Waals surface area contributed by atoms with Crippen molar-refractivity contribution in [2.45, 2.75) is 58.1 Å². The summed E-state index contributed by atoms with van der Waals surface area (Å²) in [6.45, 7) is 6.62. The third-order valence-electron chi connectivity index (χ3n) is 7.77. The number of amides is 3. The number of Topliss-reactive ketones (excluding diaryl/α,β-unsaturated/α-hetero) is 1. The minimum absolute atomic E-state index is 0.0678. The number of imide groups is 1. The molecule has 3 heterocycles. The number of likely N-dealkylation sites (tertiary alicyclic amines) is 1. The van der Waals surface area contributed by atoms with Crippen LogP contribution in [0.4, 0.5) is 0 Å². The van der Waals surface area contributed by atoms with Crippen molar-refractivity contribution in [1.82, 2.24) is 9.80 Å². The zero-order valence-corrected chi connectivity index (χ0v) is 20.4. The summed E-state index contributed by atoms with van der Waals surface area (Å²) in [5, 5.41) is 0. The molecule has 2 unspecified atom stereocenters. The van der Waals surface area contributed by atoms with Gasteiger partial charge in [0.15, 0.2) is 5.78 Å². The largest absolute Gasteiger partial charge is 0.486 e. The lowest BCUT2D eigenvalue weighted by Crippen LogP contribution is -2.58. The summed E-state index contributed by atoms with van der Waals surface area (Å²) in [7, 11) is 0. The van der Waals surface area contributed by atoms with Crippen molar-refractivity contribution in [2.75, 3.05) is 13.1 Å². The highest BCUT2D eigenvalue weighted by molar-refractivity contribution is 6.22. The molecule has 3 amide bonds. The molecular formula is C28H30N2O5. The number of ether oxygens (including phenoxy) is 1. The second-order valence-corrected chi connectivity index (χ2v) is 10.1. The number of benzene rings is 2. The Morgan fingerprint density at radius 1 is 1.00 bits per heavy atom. The van der Waals surface area contributed by atoms with E-state index in [1.165, 1.54) is 0 Å². The van der Waals surface area contributed by atoms with Crippen LogP contribution in [0, 0.1) is 12.8 Å². The number of hydrogen-bond donors (Lipinski definition) is 0. The summed E-state index contributed by atoms with van der Waals surface area (Å²) in [5.74, 6) is -0.560. The quantitative estimate of drug-likeness (QED) is 0.625. The molecule has 0 bridgehead atoms. The molecule has 2 aromatic rings. The van der Waals surface area contributed by atoms with Gasteiger partial charge in [-0.3, -0.25) is 24.1 Å². The molecule has 0 saturated carbocycles. The van der Waals surface area contributed by atoms with Gasteiger partial charge in [0, 0.05) is 25.9 Å². The number of rotatable bonds is 4. The summed E-state index contributed by atoms with van der Waals surface area (Å²) in [5.41, 5.74) is 1.70. The van der Waals surface area contributed by atoms with E-state index in [1.807, 2.05) is 39.0 Å². The van der Waals surface area contributed by atoms with E-state index in [9.17, 15) is 19.2 Å². The van der Waals surface area contributed by atoms with Gasteiger partial charge in [0.1, 0.15) is 17.4 Å². The number of carbonyl (C=O) groups is 4. The van der Waals surface area contributed by atoms with E-state index in [0.29, 0.717) is 61.2 Å². The Morgan fingerprint density at radius 2 is 1.63 bits per heavy atom. The molecule has 3 aliphatic heterocycles. The third kappa shape index (κ3) is 3.83. The molecule has 0 N–H and O–H groups in total. The average Bonchev–Trinajstić information content (AvgIpc) is 3.10. The van der Waals surface area contributed by atoms with Gasteiger partial charge in [-0.05, 0) is 37.1 Å². The van der Waals surface area contributed by atoms with Gasteiger partial charge in [-0.15, -0.1) is 0 Å². The highest BCUT2D eigenvalue weighted by Gasteiger charge is 2.48. The Bertz CT molecular complexity index is 1190. The van der Waals surface area contributed by atoms with Crippen LogP contribution >= 0.6 is 0 Å². The van der Waals surface area contributed by atoms with Crippen LogP contribution in [0.5, 0.6) is 5.75 Å². The smallest absolute Gasteiger partial charge is 0.262 e. The minimum atomic E-state index is -0.862. The monoisotopic (exact) mass is 474 g/mol. The number of nitrogens with zero attached hydrogens (tertiary/aromatic N) is 2. The van der Waals surface area contributed by atoms with Gasteiger partial charge < -0.3 is 9.64 Å². The molecule has 3 aliphatic rings. The Balaban J connectivity index is 1.35. The number of carbonyl (C=O) groups excluding carboxylic acids is 4. The van der Waals surface area contributed by atoms with Gasteiger partial charge in [-0.1, -0.05) is 44.0 Å². The fourth-order valence-corrected chi connectivity index (χ4v) is 5.50. The van der Waals surface area contributed by atoms with Crippen LogP contribution in [-0.4, -0.2) is 58.0 Å². The second kappa shape index (κ2) is 8.63. The van der Waals surface area contributed by atoms with E-state index in [-0.39, 0.29) is 17.6 Å². The first kappa shape index (κ1) is 23.3. The normalized spacial score (nSPS) is 20.4. The summed E-state index contributed by atoms with van der Waals surface area (Å²) < 4.78 is 6.34. The van der Waals surface area contributed by atoms with E-state index < -0.39 is 23.5 Å². The van der Waals surface area contributed by atoms with Crippen molar-refractivity contribution >= 4 is 23.5 Å². The van der Waals surface area contributed by atoms with Crippen LogP contribution in [0.25, 0.3) is 0 Å². The number of hydrogen-bond acceptors (Lipinski definition) is 5. The van der Waals surface area contributed by atoms with Gasteiger partial charge in [0.05, 0.1) is 23.1 Å². The maximum absolute atomic E-state index is 13.8. The predicted octanol–water partition coefficient (Wildman–Crippen LogP) is 4.03. The standard InChI is InChI=1S/C28H30N2O5/c1-4-18(3)24(30-25(32)19-7-5-6-8-20(19)26(30)33)27(34)29-13-11-28(12-14-29)16-22(31)21-15-17(2)9-10-23(21)35-28/h5-10,15,18,24H,4,11-14,16H2,1-3H3. The van der Waals surface area contributed by atoms with Gasteiger partial charge in [0.25, 0.3) is 11.8 Å². The fraction of sp³-hybridized carbons (Fsp3) is 0.429. The Morgan fingerprint density at radius 3 is 2.23 bits per heavy atom. The van der Waals surface area contributed by atoms with Gasteiger partial charge in [-0.2, -0.15) is 0 Å². The second-order valence-electron chi connectivity index (χ2n) is 10.1. The van der Waals surface area contributed by atoms with E-state index in [0.717, 1.165) is 10.5 Å². The van der Waals surface area contributed by atoms with Crippen LogP contribution < -0.4 is 4.74 Å². The lowest BCUT2D eigenvalue weighted by Gasteiger charge is -2.45. The third-order valence-corrected chi connectivity index (χ3v) is 7.77.